The number of nitrogens with one attached hydrogen (secondary N) is 1. The highest BCUT2D eigenvalue weighted by atomic mass is 35.5. The summed E-state index contributed by atoms with van der Waals surface area (Å²) in [4.78, 5) is 22.7. The molecule has 0 bridgehead atoms. The molecule has 10 heteroatoms. The van der Waals surface area contributed by atoms with Crippen molar-refractivity contribution in [2.45, 2.75) is 0 Å². The standard InChI is InChI=1S/C18H17ClN2O7/c1-26-11-3-4-12(14(22)7-11)18(25)21-20-8-10-5-13(19)17(15(6-10)27-2)28-9-16(23)24/h3-8,22H,9H2,1-2H3,(H,21,25)(H,23,24)/b20-8-. The number of nitrogens with zero attached hydrogens (tertiary/aromatic N) is 1. The Kier molecular flexibility index (Phi) is 7.05. The van der Waals surface area contributed by atoms with Crippen LogP contribution in [0, 0.1) is 0 Å². The van der Waals surface area contributed by atoms with Crippen LogP contribution >= 0.6 is 11.6 Å². The van der Waals surface area contributed by atoms with Gasteiger partial charge in [-0.25, -0.2) is 10.2 Å². The number of carboxylic acid groups (broad SMARTS) is 1. The number of carboxylic acids is 1. The molecule has 9 nitrogen and oxygen atoms in total. The summed E-state index contributed by atoms with van der Waals surface area (Å²) >= 11 is 6.09. The first-order chi connectivity index (χ1) is 13.3. The van der Waals surface area contributed by atoms with E-state index in [2.05, 4.69) is 10.5 Å². The summed E-state index contributed by atoms with van der Waals surface area (Å²) < 4.78 is 15.2. The molecule has 0 spiro atoms. The first kappa shape index (κ1) is 20.8. The molecule has 3 N–H and O–H groups in total. The van der Waals surface area contributed by atoms with E-state index in [1.54, 1.807) is 0 Å². The lowest BCUT2D eigenvalue weighted by Crippen LogP contribution is -2.17. The number of methoxy groups -OCH3 is 2. The van der Waals surface area contributed by atoms with Crippen LogP contribution in [0.2, 0.25) is 5.02 Å². The molecule has 0 unspecified atom stereocenters. The van der Waals surface area contributed by atoms with Crippen LogP contribution in [0.3, 0.4) is 0 Å². The molecular formula is C18H17ClN2O7. The molecule has 2 aromatic rings. The van der Waals surface area contributed by atoms with Gasteiger partial charge in [0.15, 0.2) is 18.1 Å². The van der Waals surface area contributed by atoms with E-state index in [-0.39, 0.29) is 27.8 Å². The largest absolute Gasteiger partial charge is 0.507 e. The zero-order valence-electron chi connectivity index (χ0n) is 14.9. The van der Waals surface area contributed by atoms with Gasteiger partial charge in [-0.15, -0.1) is 0 Å². The quantitative estimate of drug-likeness (QED) is 0.451. The number of ether oxygens (including phenoxy) is 3. The highest BCUT2D eigenvalue weighted by Crippen LogP contribution is 2.36. The molecule has 0 saturated heterocycles. The average molecular weight is 409 g/mol. The number of hydrogen-bond donors (Lipinski definition) is 3. The lowest BCUT2D eigenvalue weighted by molar-refractivity contribution is -0.139. The van der Waals surface area contributed by atoms with Crippen LogP contribution in [0.4, 0.5) is 0 Å². The molecule has 0 fully saturated rings. The van der Waals surface area contributed by atoms with Gasteiger partial charge in [-0.05, 0) is 29.8 Å². The van der Waals surface area contributed by atoms with E-state index in [1.165, 1.54) is 50.8 Å². The second-order valence-electron chi connectivity index (χ2n) is 5.30. The number of rotatable bonds is 8. The lowest BCUT2D eigenvalue weighted by atomic mass is 10.2. The predicted molar refractivity (Wildman–Crippen MR) is 101 cm³/mol. The van der Waals surface area contributed by atoms with E-state index in [4.69, 9.17) is 30.9 Å². The van der Waals surface area contributed by atoms with Crippen molar-refractivity contribution in [3.05, 3.63) is 46.5 Å². The Morgan fingerprint density at radius 1 is 1.21 bits per heavy atom. The third kappa shape index (κ3) is 5.27. The Hall–Kier alpha value is -3.46. The van der Waals surface area contributed by atoms with Gasteiger partial charge in [0.25, 0.3) is 5.91 Å². The van der Waals surface area contributed by atoms with Crippen LogP contribution in [0.15, 0.2) is 35.4 Å². The van der Waals surface area contributed by atoms with Crippen molar-refractivity contribution in [1.29, 1.82) is 0 Å². The van der Waals surface area contributed by atoms with Crippen molar-refractivity contribution in [2.24, 2.45) is 5.10 Å². The number of hydrogen-bond acceptors (Lipinski definition) is 7. The van der Waals surface area contributed by atoms with Gasteiger partial charge >= 0.3 is 5.97 Å². The number of aliphatic carboxylic acids is 1. The van der Waals surface area contributed by atoms with Crippen LogP contribution in [0.1, 0.15) is 15.9 Å². The summed E-state index contributed by atoms with van der Waals surface area (Å²) in [6.45, 7) is -0.578. The number of hydrazone groups is 1. The highest BCUT2D eigenvalue weighted by Gasteiger charge is 2.14. The van der Waals surface area contributed by atoms with Gasteiger partial charge < -0.3 is 24.4 Å². The summed E-state index contributed by atoms with van der Waals surface area (Å²) in [5.74, 6) is -1.35. The summed E-state index contributed by atoms with van der Waals surface area (Å²) in [5, 5.41) is 22.5. The molecule has 0 aliphatic rings. The Morgan fingerprint density at radius 3 is 2.57 bits per heavy atom. The number of aromatic hydroxyl groups is 1. The van der Waals surface area contributed by atoms with E-state index in [1.807, 2.05) is 0 Å². The molecule has 148 valence electrons. The zero-order chi connectivity index (χ0) is 20.7. The van der Waals surface area contributed by atoms with Gasteiger partial charge in [0.05, 0.1) is 31.0 Å². The van der Waals surface area contributed by atoms with Crippen molar-refractivity contribution in [1.82, 2.24) is 5.43 Å². The first-order valence-electron chi connectivity index (χ1n) is 7.78. The zero-order valence-corrected chi connectivity index (χ0v) is 15.7. The molecule has 2 aromatic carbocycles. The molecule has 0 aliphatic heterocycles. The van der Waals surface area contributed by atoms with Gasteiger partial charge in [0.1, 0.15) is 11.5 Å². The lowest BCUT2D eigenvalue weighted by Gasteiger charge is -2.11. The third-order valence-corrected chi connectivity index (χ3v) is 3.70. The number of benzene rings is 2. The summed E-state index contributed by atoms with van der Waals surface area (Å²) in [7, 11) is 2.81. The number of phenols is 1. The maximum atomic E-state index is 12.1. The maximum Gasteiger partial charge on any atom is 0.341 e. The van der Waals surface area contributed by atoms with Gasteiger partial charge in [-0.1, -0.05) is 11.6 Å². The minimum Gasteiger partial charge on any atom is -0.507 e. The van der Waals surface area contributed by atoms with E-state index in [0.717, 1.165) is 0 Å². The number of phenolic OH excluding ortho intramolecular Hbond substituents is 1. The van der Waals surface area contributed by atoms with Crippen LogP contribution < -0.4 is 19.6 Å². The number of carbonyl (C=O) groups excluding carboxylic acids is 1. The van der Waals surface area contributed by atoms with Gasteiger partial charge in [-0.2, -0.15) is 5.10 Å². The monoisotopic (exact) mass is 408 g/mol. The van der Waals surface area contributed by atoms with E-state index in [9.17, 15) is 14.7 Å². The highest BCUT2D eigenvalue weighted by molar-refractivity contribution is 6.32. The van der Waals surface area contributed by atoms with E-state index in [0.29, 0.717) is 11.3 Å². The molecule has 0 aromatic heterocycles. The van der Waals surface area contributed by atoms with Crippen LogP contribution in [0.5, 0.6) is 23.0 Å². The maximum absolute atomic E-state index is 12.1. The Labute approximate surface area is 165 Å². The van der Waals surface area contributed by atoms with Crippen LogP contribution in [0.25, 0.3) is 0 Å². The summed E-state index contributed by atoms with van der Waals surface area (Å²) in [6.07, 6.45) is 1.30. The number of amides is 1. The Bertz CT molecular complexity index is 915. The van der Waals surface area contributed by atoms with Crippen molar-refractivity contribution in [3.63, 3.8) is 0 Å². The molecule has 0 atom stereocenters. The van der Waals surface area contributed by atoms with Gasteiger partial charge in [-0.3, -0.25) is 4.79 Å². The Balaban J connectivity index is 2.12. The fourth-order valence-corrected chi connectivity index (χ4v) is 2.42. The molecule has 2 rings (SSSR count). The molecule has 1 amide bonds. The van der Waals surface area contributed by atoms with Gasteiger partial charge in [0, 0.05) is 6.07 Å². The smallest absolute Gasteiger partial charge is 0.341 e. The topological polar surface area (TPSA) is 127 Å². The van der Waals surface area contributed by atoms with Crippen LogP contribution in [-0.4, -0.2) is 49.1 Å². The summed E-state index contributed by atoms with van der Waals surface area (Å²) in [6, 6.07) is 7.19. The normalized spacial score (nSPS) is 10.5. The SMILES string of the molecule is COc1ccc(C(=O)N/N=C\c2cc(Cl)c(OCC(=O)O)c(OC)c2)c(O)c1. The van der Waals surface area contributed by atoms with E-state index >= 15 is 0 Å². The fraction of sp³-hybridized carbons (Fsp3) is 0.167. The molecule has 0 radical (unpaired) electrons. The first-order valence-corrected chi connectivity index (χ1v) is 8.16. The molecule has 0 heterocycles. The minimum absolute atomic E-state index is 0.0194. The van der Waals surface area contributed by atoms with Crippen molar-refractivity contribution < 1.29 is 34.0 Å². The van der Waals surface area contributed by atoms with Crippen molar-refractivity contribution in [3.8, 4) is 23.0 Å². The summed E-state index contributed by atoms with van der Waals surface area (Å²) in [5.41, 5.74) is 2.76. The second-order valence-corrected chi connectivity index (χ2v) is 5.71. The Morgan fingerprint density at radius 2 is 1.96 bits per heavy atom. The minimum atomic E-state index is -1.16. The average Bonchev–Trinajstić information content (AvgIpc) is 2.66. The third-order valence-electron chi connectivity index (χ3n) is 3.42. The van der Waals surface area contributed by atoms with Gasteiger partial charge in [0.2, 0.25) is 0 Å². The fourth-order valence-electron chi connectivity index (χ4n) is 2.14. The molecule has 0 aliphatic carbocycles. The molecule has 0 saturated carbocycles. The number of halogens is 1. The van der Waals surface area contributed by atoms with E-state index < -0.39 is 18.5 Å². The van der Waals surface area contributed by atoms with Crippen LogP contribution in [-0.2, 0) is 4.79 Å². The predicted octanol–water partition coefficient (Wildman–Crippen LogP) is 2.29. The van der Waals surface area contributed by atoms with Crippen molar-refractivity contribution >= 4 is 29.7 Å². The number of carbonyl (C=O) groups is 2. The molecule has 28 heavy (non-hydrogen) atoms. The second kappa shape index (κ2) is 9.47. The molecular weight excluding hydrogens is 392 g/mol. The van der Waals surface area contributed by atoms with Crippen molar-refractivity contribution in [2.75, 3.05) is 20.8 Å².